The fourth-order valence-corrected chi connectivity index (χ4v) is 2.59. The van der Waals surface area contributed by atoms with Crippen LogP contribution in [0.2, 0.25) is 0 Å². The van der Waals surface area contributed by atoms with Crippen LogP contribution in [-0.2, 0) is 10.3 Å². The van der Waals surface area contributed by atoms with Gasteiger partial charge in [0.2, 0.25) is 0 Å². The summed E-state index contributed by atoms with van der Waals surface area (Å²) in [5, 5.41) is 17.6. The van der Waals surface area contributed by atoms with Crippen molar-refractivity contribution in [2.45, 2.75) is 30.5 Å². The molecular weight excluding hydrogens is 196 g/mol. The number of ether oxygens (including phenoxy) is 1. The number of aromatic nitrogens is 1. The summed E-state index contributed by atoms with van der Waals surface area (Å²) in [4.78, 5) is 0. The number of hydrogen-bond acceptors (Lipinski definition) is 5. The normalized spacial score (nSPS) is 40.3. The van der Waals surface area contributed by atoms with Gasteiger partial charge in [0.15, 0.2) is 0 Å². The van der Waals surface area contributed by atoms with E-state index in [2.05, 4.69) is 10.5 Å². The average molecular weight is 210 g/mol. The Balaban J connectivity index is 1.87. The first-order chi connectivity index (χ1) is 7.26. The largest absolute Gasteiger partial charge is 0.385 e. The van der Waals surface area contributed by atoms with Gasteiger partial charge in [0.05, 0.1) is 25.0 Å². The van der Waals surface area contributed by atoms with Crippen molar-refractivity contribution < 1.29 is 14.4 Å². The smallest absolute Gasteiger partial charge is 0.129 e. The Hall–Kier alpha value is -0.910. The van der Waals surface area contributed by atoms with Gasteiger partial charge in [-0.3, -0.25) is 0 Å². The minimum absolute atomic E-state index is 0.234. The van der Waals surface area contributed by atoms with Crippen LogP contribution < -0.4 is 5.32 Å². The topological polar surface area (TPSA) is 67.5 Å². The lowest BCUT2D eigenvalue weighted by Gasteiger charge is -2.44. The van der Waals surface area contributed by atoms with Crippen LogP contribution in [0.3, 0.4) is 0 Å². The van der Waals surface area contributed by atoms with E-state index in [1.165, 1.54) is 6.26 Å². The number of hydrogen-bond donors (Lipinski definition) is 2. The third-order valence-electron chi connectivity index (χ3n) is 3.25. The summed E-state index contributed by atoms with van der Waals surface area (Å²) in [5.41, 5.74) is -0.0226. The van der Waals surface area contributed by atoms with Gasteiger partial charge < -0.3 is 19.7 Å². The molecule has 0 radical (unpaired) electrons. The molecule has 0 aliphatic carbocycles. The molecule has 2 N–H and O–H groups in total. The Morgan fingerprint density at radius 2 is 2.13 bits per heavy atom. The Morgan fingerprint density at radius 1 is 1.40 bits per heavy atom. The second kappa shape index (κ2) is 3.30. The van der Waals surface area contributed by atoms with E-state index in [1.807, 2.05) is 0 Å². The van der Waals surface area contributed by atoms with Crippen LogP contribution in [0.5, 0.6) is 0 Å². The lowest BCUT2D eigenvalue weighted by molar-refractivity contribution is -0.0804. The molecule has 2 unspecified atom stereocenters. The number of aliphatic hydroxyl groups is 1. The van der Waals surface area contributed by atoms with Gasteiger partial charge in [0, 0.05) is 17.6 Å². The van der Waals surface area contributed by atoms with Crippen molar-refractivity contribution in [1.29, 1.82) is 0 Å². The van der Waals surface area contributed by atoms with Crippen molar-refractivity contribution >= 4 is 0 Å². The van der Waals surface area contributed by atoms with E-state index < -0.39 is 5.60 Å². The quantitative estimate of drug-likeness (QED) is 0.683. The zero-order valence-electron chi connectivity index (χ0n) is 8.35. The minimum Gasteiger partial charge on any atom is -0.385 e. The maximum atomic E-state index is 10.5. The highest BCUT2D eigenvalue weighted by Crippen LogP contribution is 2.36. The van der Waals surface area contributed by atoms with Crippen molar-refractivity contribution in [1.82, 2.24) is 10.5 Å². The molecule has 2 aliphatic rings. The molecule has 2 bridgehead atoms. The van der Waals surface area contributed by atoms with Crippen LogP contribution in [0, 0.1) is 0 Å². The number of nitrogens with one attached hydrogen (secondary N) is 1. The van der Waals surface area contributed by atoms with Crippen LogP contribution in [0.4, 0.5) is 0 Å². The third-order valence-corrected chi connectivity index (χ3v) is 3.25. The summed E-state index contributed by atoms with van der Waals surface area (Å²) in [7, 11) is 0. The Labute approximate surface area is 87.4 Å². The molecule has 2 atom stereocenters. The summed E-state index contributed by atoms with van der Waals surface area (Å²) in [6, 6.07) is 0.467. The van der Waals surface area contributed by atoms with E-state index >= 15 is 0 Å². The molecule has 0 spiro atoms. The standard InChI is InChI=1S/C10H14N2O3/c13-10(7-3-11-15-4-7)1-8-5-14-6-9(2-10)12-8/h3-4,8-9,12-13H,1-2,5-6H2. The van der Waals surface area contributed by atoms with Gasteiger partial charge in [-0.15, -0.1) is 0 Å². The first kappa shape index (κ1) is 9.33. The molecule has 3 rings (SSSR count). The fraction of sp³-hybridized carbons (Fsp3) is 0.700. The maximum Gasteiger partial charge on any atom is 0.129 e. The second-order valence-corrected chi connectivity index (χ2v) is 4.45. The van der Waals surface area contributed by atoms with Crippen molar-refractivity contribution in [3.8, 4) is 0 Å². The van der Waals surface area contributed by atoms with Crippen LogP contribution in [-0.4, -0.2) is 35.6 Å². The van der Waals surface area contributed by atoms with Crippen molar-refractivity contribution in [3.05, 3.63) is 18.0 Å². The molecule has 5 heteroatoms. The van der Waals surface area contributed by atoms with E-state index in [4.69, 9.17) is 9.26 Å². The van der Waals surface area contributed by atoms with E-state index in [1.54, 1.807) is 6.20 Å². The summed E-state index contributed by atoms with van der Waals surface area (Å²) >= 11 is 0. The molecule has 0 amide bonds. The predicted octanol–water partition coefficient (Wildman–Crippen LogP) is 0.0130. The highest BCUT2D eigenvalue weighted by molar-refractivity contribution is 5.16. The van der Waals surface area contributed by atoms with Gasteiger partial charge in [-0.25, -0.2) is 0 Å². The van der Waals surface area contributed by atoms with Crippen LogP contribution in [0.1, 0.15) is 18.4 Å². The van der Waals surface area contributed by atoms with Crippen LogP contribution >= 0.6 is 0 Å². The van der Waals surface area contributed by atoms with Gasteiger partial charge in [0.25, 0.3) is 0 Å². The molecule has 2 saturated heterocycles. The number of rotatable bonds is 1. The molecule has 1 aromatic heterocycles. The molecule has 2 fully saturated rings. The molecule has 1 aromatic rings. The summed E-state index contributed by atoms with van der Waals surface area (Å²) in [6.45, 7) is 1.34. The number of piperidine rings is 1. The molecule has 15 heavy (non-hydrogen) atoms. The zero-order chi connectivity index (χ0) is 10.3. The lowest BCUT2D eigenvalue weighted by Crippen LogP contribution is -2.58. The second-order valence-electron chi connectivity index (χ2n) is 4.45. The van der Waals surface area contributed by atoms with Gasteiger partial charge in [-0.2, -0.15) is 0 Å². The molecule has 0 saturated carbocycles. The zero-order valence-corrected chi connectivity index (χ0v) is 8.35. The Kier molecular flexibility index (Phi) is 2.05. The molecule has 3 heterocycles. The number of morpholine rings is 1. The molecule has 2 aliphatic heterocycles. The summed E-state index contributed by atoms with van der Waals surface area (Å²) < 4.78 is 10.2. The summed E-state index contributed by atoms with van der Waals surface area (Å²) in [5.74, 6) is 0. The van der Waals surface area contributed by atoms with Crippen LogP contribution in [0.25, 0.3) is 0 Å². The summed E-state index contributed by atoms with van der Waals surface area (Å²) in [6.07, 6.45) is 4.44. The first-order valence-electron chi connectivity index (χ1n) is 5.22. The molecule has 5 nitrogen and oxygen atoms in total. The monoisotopic (exact) mass is 210 g/mol. The Bertz CT molecular complexity index is 326. The van der Waals surface area contributed by atoms with Crippen molar-refractivity contribution in [2.24, 2.45) is 0 Å². The first-order valence-corrected chi connectivity index (χ1v) is 5.22. The number of nitrogens with zero attached hydrogens (tertiary/aromatic N) is 1. The van der Waals surface area contributed by atoms with E-state index in [9.17, 15) is 5.11 Å². The molecule has 0 aromatic carbocycles. The molecule has 82 valence electrons. The predicted molar refractivity (Wildman–Crippen MR) is 51.2 cm³/mol. The fourth-order valence-electron chi connectivity index (χ4n) is 2.59. The SMILES string of the molecule is OC1(c2cnoc2)CC2COCC(C1)N2. The van der Waals surface area contributed by atoms with Crippen molar-refractivity contribution in [3.63, 3.8) is 0 Å². The van der Waals surface area contributed by atoms with Gasteiger partial charge in [-0.1, -0.05) is 5.16 Å². The molecular formula is C10H14N2O3. The third kappa shape index (κ3) is 1.56. The highest BCUT2D eigenvalue weighted by atomic mass is 16.5. The van der Waals surface area contributed by atoms with Gasteiger partial charge in [-0.05, 0) is 12.8 Å². The number of fused-ring (bicyclic) bond motifs is 2. The van der Waals surface area contributed by atoms with Crippen LogP contribution in [0.15, 0.2) is 17.0 Å². The Morgan fingerprint density at radius 3 is 2.73 bits per heavy atom. The van der Waals surface area contributed by atoms with E-state index in [0.29, 0.717) is 26.1 Å². The minimum atomic E-state index is -0.801. The van der Waals surface area contributed by atoms with Gasteiger partial charge in [0.1, 0.15) is 6.26 Å². The highest BCUT2D eigenvalue weighted by Gasteiger charge is 2.43. The average Bonchev–Trinajstić information content (AvgIpc) is 2.69. The van der Waals surface area contributed by atoms with E-state index in [-0.39, 0.29) is 12.1 Å². The van der Waals surface area contributed by atoms with E-state index in [0.717, 1.165) is 5.56 Å². The van der Waals surface area contributed by atoms with Gasteiger partial charge >= 0.3 is 0 Å². The lowest BCUT2D eigenvalue weighted by atomic mass is 9.79. The maximum absolute atomic E-state index is 10.5. The van der Waals surface area contributed by atoms with Crippen molar-refractivity contribution in [2.75, 3.05) is 13.2 Å².